The van der Waals surface area contributed by atoms with Crippen LogP contribution in [0.15, 0.2) is 0 Å². The predicted molar refractivity (Wildman–Crippen MR) is 74.2 cm³/mol. The van der Waals surface area contributed by atoms with E-state index in [9.17, 15) is 16.8 Å². The Labute approximate surface area is 115 Å². The molecule has 0 bridgehead atoms. The summed E-state index contributed by atoms with van der Waals surface area (Å²) in [6.07, 6.45) is 0.572. The van der Waals surface area contributed by atoms with Crippen molar-refractivity contribution in [2.75, 3.05) is 37.7 Å². The summed E-state index contributed by atoms with van der Waals surface area (Å²) >= 11 is 0. The van der Waals surface area contributed by atoms with Gasteiger partial charge in [-0.1, -0.05) is 0 Å². The standard InChI is InChI=1S/C11H22N2O4S2/c1-11(2)9-12-4-5-13(19(11,16)17)7-10-3-6-18(14,15)8-10/h10,12H,3-9H2,1-2H3. The second-order valence-corrected chi connectivity index (χ2v) is 10.9. The molecule has 0 aromatic carbocycles. The fourth-order valence-corrected chi connectivity index (χ4v) is 6.22. The Morgan fingerprint density at radius 2 is 1.95 bits per heavy atom. The minimum absolute atomic E-state index is 0.0614. The highest BCUT2D eigenvalue weighted by Gasteiger charge is 2.42. The maximum atomic E-state index is 12.5. The summed E-state index contributed by atoms with van der Waals surface area (Å²) in [7, 11) is -6.35. The van der Waals surface area contributed by atoms with Crippen molar-refractivity contribution in [3.05, 3.63) is 0 Å². The number of hydrogen-bond donors (Lipinski definition) is 1. The summed E-state index contributed by atoms with van der Waals surface area (Å²) in [4.78, 5) is 0. The summed E-state index contributed by atoms with van der Waals surface area (Å²) in [6.45, 7) is 5.20. The second kappa shape index (κ2) is 4.98. The number of hydrogen-bond acceptors (Lipinski definition) is 5. The Bertz CT molecular complexity index is 539. The molecule has 6 nitrogen and oxygen atoms in total. The molecule has 1 unspecified atom stereocenters. The summed E-state index contributed by atoms with van der Waals surface area (Å²) in [5.41, 5.74) is 0. The Morgan fingerprint density at radius 1 is 1.26 bits per heavy atom. The Balaban J connectivity index is 2.15. The van der Waals surface area contributed by atoms with Gasteiger partial charge in [-0.25, -0.2) is 16.8 Å². The predicted octanol–water partition coefficient (Wildman–Crippen LogP) is -0.565. The molecule has 0 radical (unpaired) electrons. The van der Waals surface area contributed by atoms with Crippen LogP contribution in [0.2, 0.25) is 0 Å². The second-order valence-electron chi connectivity index (χ2n) is 6.07. The molecule has 112 valence electrons. The average Bonchev–Trinajstić information content (AvgIpc) is 2.57. The van der Waals surface area contributed by atoms with Crippen molar-refractivity contribution in [1.82, 2.24) is 9.62 Å². The third-order valence-electron chi connectivity index (χ3n) is 3.92. The highest BCUT2D eigenvalue weighted by atomic mass is 32.2. The maximum Gasteiger partial charge on any atom is 0.220 e. The lowest BCUT2D eigenvalue weighted by Gasteiger charge is -2.30. The normalized spacial score (nSPS) is 33.9. The number of sulfone groups is 1. The summed E-state index contributed by atoms with van der Waals surface area (Å²) < 4.78 is 48.6. The van der Waals surface area contributed by atoms with E-state index in [0.717, 1.165) is 0 Å². The monoisotopic (exact) mass is 310 g/mol. The van der Waals surface area contributed by atoms with E-state index in [1.165, 1.54) is 4.31 Å². The largest absolute Gasteiger partial charge is 0.314 e. The van der Waals surface area contributed by atoms with Crippen LogP contribution in [-0.4, -0.2) is 63.6 Å². The molecule has 2 fully saturated rings. The van der Waals surface area contributed by atoms with Crippen molar-refractivity contribution in [3.63, 3.8) is 0 Å². The molecule has 2 saturated heterocycles. The zero-order valence-electron chi connectivity index (χ0n) is 11.4. The lowest BCUT2D eigenvalue weighted by molar-refractivity contribution is 0.360. The van der Waals surface area contributed by atoms with Gasteiger partial charge in [-0.2, -0.15) is 4.31 Å². The molecule has 2 aliphatic heterocycles. The first-order chi connectivity index (χ1) is 8.64. The van der Waals surface area contributed by atoms with Gasteiger partial charge in [0.25, 0.3) is 0 Å². The molecule has 0 saturated carbocycles. The fourth-order valence-electron chi connectivity index (χ4n) is 2.65. The molecule has 2 heterocycles. The summed E-state index contributed by atoms with van der Waals surface area (Å²) in [5, 5.41) is 3.13. The molecular weight excluding hydrogens is 288 g/mol. The van der Waals surface area contributed by atoms with Crippen LogP contribution >= 0.6 is 0 Å². The van der Waals surface area contributed by atoms with E-state index in [2.05, 4.69) is 5.32 Å². The van der Waals surface area contributed by atoms with Gasteiger partial charge in [0.15, 0.2) is 9.84 Å². The van der Waals surface area contributed by atoms with E-state index in [0.29, 0.717) is 32.6 Å². The van der Waals surface area contributed by atoms with E-state index in [4.69, 9.17) is 0 Å². The summed E-state index contributed by atoms with van der Waals surface area (Å²) in [6, 6.07) is 0. The number of sulfonamides is 1. The van der Waals surface area contributed by atoms with Crippen LogP contribution in [0, 0.1) is 5.92 Å². The SMILES string of the molecule is CC1(C)CNCCN(CC2CCS(=O)(=O)C2)S1(=O)=O. The van der Waals surface area contributed by atoms with Crippen LogP contribution in [-0.2, 0) is 19.9 Å². The fraction of sp³-hybridized carbons (Fsp3) is 1.00. The minimum atomic E-state index is -3.39. The van der Waals surface area contributed by atoms with Crippen molar-refractivity contribution < 1.29 is 16.8 Å². The van der Waals surface area contributed by atoms with E-state index >= 15 is 0 Å². The minimum Gasteiger partial charge on any atom is -0.314 e. The molecule has 2 rings (SSSR count). The number of nitrogens with zero attached hydrogens (tertiary/aromatic N) is 1. The Kier molecular flexibility index (Phi) is 3.99. The van der Waals surface area contributed by atoms with Crippen LogP contribution in [0.3, 0.4) is 0 Å². The first kappa shape index (κ1) is 15.2. The zero-order valence-corrected chi connectivity index (χ0v) is 13.1. The van der Waals surface area contributed by atoms with Gasteiger partial charge >= 0.3 is 0 Å². The van der Waals surface area contributed by atoms with Gasteiger partial charge in [-0.05, 0) is 26.2 Å². The quantitative estimate of drug-likeness (QED) is 0.739. The van der Waals surface area contributed by atoms with Crippen LogP contribution in [0.4, 0.5) is 0 Å². The van der Waals surface area contributed by atoms with Gasteiger partial charge in [-0.15, -0.1) is 0 Å². The molecule has 1 N–H and O–H groups in total. The average molecular weight is 310 g/mol. The van der Waals surface area contributed by atoms with Crippen molar-refractivity contribution in [2.45, 2.75) is 25.0 Å². The highest BCUT2D eigenvalue weighted by molar-refractivity contribution is 7.91. The third kappa shape index (κ3) is 3.12. The Morgan fingerprint density at radius 3 is 2.53 bits per heavy atom. The Hall–Kier alpha value is -0.180. The third-order valence-corrected chi connectivity index (χ3v) is 8.30. The number of nitrogens with one attached hydrogen (secondary N) is 1. The molecule has 0 aliphatic carbocycles. The van der Waals surface area contributed by atoms with Crippen LogP contribution in [0.25, 0.3) is 0 Å². The van der Waals surface area contributed by atoms with Crippen LogP contribution in [0.5, 0.6) is 0 Å². The molecular formula is C11H22N2O4S2. The topological polar surface area (TPSA) is 83.6 Å². The lowest BCUT2D eigenvalue weighted by Crippen LogP contribution is -2.47. The molecule has 0 aromatic heterocycles. The van der Waals surface area contributed by atoms with Crippen LogP contribution in [0.1, 0.15) is 20.3 Å². The molecule has 0 spiro atoms. The van der Waals surface area contributed by atoms with Crippen molar-refractivity contribution in [1.29, 1.82) is 0 Å². The van der Waals surface area contributed by atoms with Gasteiger partial charge in [0, 0.05) is 26.2 Å². The highest BCUT2D eigenvalue weighted by Crippen LogP contribution is 2.26. The van der Waals surface area contributed by atoms with Gasteiger partial charge in [0.1, 0.15) is 0 Å². The molecule has 1 atom stereocenters. The van der Waals surface area contributed by atoms with E-state index < -0.39 is 24.6 Å². The van der Waals surface area contributed by atoms with Gasteiger partial charge in [0.05, 0.1) is 16.3 Å². The van der Waals surface area contributed by atoms with Crippen LogP contribution < -0.4 is 5.32 Å². The van der Waals surface area contributed by atoms with Crippen molar-refractivity contribution in [2.24, 2.45) is 5.92 Å². The molecule has 0 aromatic rings. The number of rotatable bonds is 2. The van der Waals surface area contributed by atoms with Crippen molar-refractivity contribution >= 4 is 19.9 Å². The zero-order chi connectivity index (χ0) is 14.3. The van der Waals surface area contributed by atoms with E-state index in [1.54, 1.807) is 13.8 Å². The maximum absolute atomic E-state index is 12.5. The molecule has 2 aliphatic rings. The van der Waals surface area contributed by atoms with E-state index in [1.807, 2.05) is 0 Å². The molecule has 19 heavy (non-hydrogen) atoms. The molecule has 8 heteroatoms. The van der Waals surface area contributed by atoms with Gasteiger partial charge < -0.3 is 5.32 Å². The van der Waals surface area contributed by atoms with E-state index in [-0.39, 0.29) is 17.4 Å². The lowest BCUT2D eigenvalue weighted by atomic mass is 10.1. The van der Waals surface area contributed by atoms with Crippen molar-refractivity contribution in [3.8, 4) is 0 Å². The first-order valence-electron chi connectivity index (χ1n) is 6.55. The van der Waals surface area contributed by atoms with Gasteiger partial charge in [-0.3, -0.25) is 0 Å². The summed E-state index contributed by atoms with van der Waals surface area (Å²) in [5.74, 6) is 0.244. The smallest absolute Gasteiger partial charge is 0.220 e. The molecule has 0 amide bonds. The first-order valence-corrected chi connectivity index (χ1v) is 9.81. The van der Waals surface area contributed by atoms with Gasteiger partial charge in [0.2, 0.25) is 10.0 Å².